The number of alkyl halides is 3. The number of rotatable bonds is 1. The molecule has 7 heteroatoms. The largest absolute Gasteiger partial charge is 0.479 e. The van der Waals surface area contributed by atoms with E-state index in [1.54, 1.807) is 0 Å². The standard InChI is InChI=1S/C5H3F3N2O2/c6-5(7,8)4(3(11)12)1-2-9-10-4/h1-2H,(H,11,12). The summed E-state index contributed by atoms with van der Waals surface area (Å²) in [6, 6.07) is 0. The Morgan fingerprint density at radius 2 is 2.08 bits per heavy atom. The fourth-order valence-corrected chi connectivity index (χ4v) is 0.685. The maximum absolute atomic E-state index is 12.1. The van der Waals surface area contributed by atoms with Gasteiger partial charge >= 0.3 is 12.1 Å². The number of carboxylic acid groups (broad SMARTS) is 1. The van der Waals surface area contributed by atoms with Gasteiger partial charge < -0.3 is 5.11 Å². The molecule has 1 N–H and O–H groups in total. The topological polar surface area (TPSA) is 62.0 Å². The van der Waals surface area contributed by atoms with Crippen LogP contribution in [0.25, 0.3) is 0 Å². The van der Waals surface area contributed by atoms with Gasteiger partial charge in [-0.25, -0.2) is 4.79 Å². The molecule has 0 amide bonds. The zero-order valence-corrected chi connectivity index (χ0v) is 5.54. The molecule has 1 atom stereocenters. The quantitative estimate of drug-likeness (QED) is 0.661. The Bertz CT molecular complexity index is 256. The Hall–Kier alpha value is -1.40. The van der Waals surface area contributed by atoms with Crippen LogP contribution in [-0.2, 0) is 4.79 Å². The predicted octanol–water partition coefficient (Wildman–Crippen LogP) is 1.35. The van der Waals surface area contributed by atoms with Crippen LogP contribution in [0.1, 0.15) is 0 Å². The number of hydrogen-bond acceptors (Lipinski definition) is 3. The number of hydrogen-bond donors (Lipinski definition) is 1. The first kappa shape index (κ1) is 8.69. The van der Waals surface area contributed by atoms with Crippen LogP contribution in [0.2, 0.25) is 0 Å². The third-order valence-electron chi connectivity index (χ3n) is 1.36. The van der Waals surface area contributed by atoms with Crippen LogP contribution in [0.3, 0.4) is 0 Å². The van der Waals surface area contributed by atoms with E-state index in [0.717, 1.165) is 0 Å². The summed E-state index contributed by atoms with van der Waals surface area (Å²) in [4.78, 5) is 10.2. The van der Waals surface area contributed by atoms with Crippen LogP contribution in [0.15, 0.2) is 22.5 Å². The Morgan fingerprint density at radius 3 is 2.25 bits per heavy atom. The lowest BCUT2D eigenvalue weighted by Crippen LogP contribution is -2.47. The van der Waals surface area contributed by atoms with Crippen molar-refractivity contribution >= 4 is 5.97 Å². The van der Waals surface area contributed by atoms with Crippen molar-refractivity contribution in [2.24, 2.45) is 10.2 Å². The van der Waals surface area contributed by atoms with Crippen molar-refractivity contribution in [2.45, 2.75) is 11.7 Å². The van der Waals surface area contributed by atoms with Gasteiger partial charge in [0.2, 0.25) is 0 Å². The Labute approximate surface area is 64.4 Å². The van der Waals surface area contributed by atoms with Gasteiger partial charge in [-0.05, 0) is 6.08 Å². The van der Waals surface area contributed by atoms with Gasteiger partial charge in [0.15, 0.2) is 0 Å². The number of azo groups is 1. The van der Waals surface area contributed by atoms with E-state index in [1.165, 1.54) is 0 Å². The average Bonchev–Trinajstić information content (AvgIpc) is 2.31. The van der Waals surface area contributed by atoms with Gasteiger partial charge in [0.25, 0.3) is 5.54 Å². The highest BCUT2D eigenvalue weighted by molar-refractivity contribution is 5.83. The van der Waals surface area contributed by atoms with Gasteiger partial charge in [-0.2, -0.15) is 23.4 Å². The lowest BCUT2D eigenvalue weighted by molar-refractivity contribution is -0.190. The minimum atomic E-state index is -4.95. The molecule has 1 aliphatic heterocycles. The molecule has 12 heavy (non-hydrogen) atoms. The van der Waals surface area contributed by atoms with Crippen LogP contribution in [-0.4, -0.2) is 22.8 Å². The first-order valence-corrected chi connectivity index (χ1v) is 2.80. The minimum absolute atomic E-state index is 0.398. The van der Waals surface area contributed by atoms with Crippen molar-refractivity contribution in [1.29, 1.82) is 0 Å². The molecule has 0 aromatic carbocycles. The van der Waals surface area contributed by atoms with Gasteiger partial charge in [0, 0.05) is 6.20 Å². The van der Waals surface area contributed by atoms with Gasteiger partial charge in [-0.3, -0.25) is 0 Å². The van der Waals surface area contributed by atoms with Crippen molar-refractivity contribution in [1.82, 2.24) is 0 Å². The van der Waals surface area contributed by atoms with E-state index in [1.807, 2.05) is 0 Å². The van der Waals surface area contributed by atoms with Crippen LogP contribution >= 0.6 is 0 Å². The fraction of sp³-hybridized carbons (Fsp3) is 0.400. The van der Waals surface area contributed by atoms with Gasteiger partial charge in [-0.1, -0.05) is 0 Å². The minimum Gasteiger partial charge on any atom is -0.479 e. The van der Waals surface area contributed by atoms with E-state index in [-0.39, 0.29) is 0 Å². The monoisotopic (exact) mass is 180 g/mol. The predicted molar refractivity (Wildman–Crippen MR) is 30.4 cm³/mol. The number of nitrogens with zero attached hydrogens (tertiary/aromatic N) is 2. The summed E-state index contributed by atoms with van der Waals surface area (Å²) in [6.07, 6.45) is -3.84. The molecule has 0 saturated carbocycles. The molecule has 0 aromatic rings. The zero-order valence-electron chi connectivity index (χ0n) is 5.54. The highest BCUT2D eigenvalue weighted by atomic mass is 19.4. The van der Waals surface area contributed by atoms with Gasteiger partial charge in [0.05, 0.1) is 0 Å². The maximum atomic E-state index is 12.1. The lowest BCUT2D eigenvalue weighted by atomic mass is 10.0. The third-order valence-corrected chi connectivity index (χ3v) is 1.36. The second-order valence-corrected chi connectivity index (χ2v) is 2.10. The van der Waals surface area contributed by atoms with Crippen LogP contribution < -0.4 is 0 Å². The van der Waals surface area contributed by atoms with E-state index < -0.39 is 17.7 Å². The second kappa shape index (κ2) is 2.29. The molecule has 0 aromatic heterocycles. The van der Waals surface area contributed by atoms with Crippen LogP contribution in [0.4, 0.5) is 13.2 Å². The van der Waals surface area contributed by atoms with Crippen molar-refractivity contribution < 1.29 is 23.1 Å². The smallest absolute Gasteiger partial charge is 0.430 e. The van der Waals surface area contributed by atoms with E-state index in [2.05, 4.69) is 10.2 Å². The Balaban J connectivity index is 3.14. The summed E-state index contributed by atoms with van der Waals surface area (Å²) >= 11 is 0. The third kappa shape index (κ3) is 0.973. The number of carboxylic acids is 1. The first-order chi connectivity index (χ1) is 5.40. The summed E-state index contributed by atoms with van der Waals surface area (Å²) in [5.74, 6) is -2.08. The van der Waals surface area contributed by atoms with Crippen molar-refractivity contribution in [2.75, 3.05) is 0 Å². The molecule has 1 unspecified atom stereocenters. The van der Waals surface area contributed by atoms with Crippen molar-refractivity contribution in [3.8, 4) is 0 Å². The fourth-order valence-electron chi connectivity index (χ4n) is 0.685. The van der Waals surface area contributed by atoms with Crippen molar-refractivity contribution in [3.05, 3.63) is 12.3 Å². The lowest BCUT2D eigenvalue weighted by Gasteiger charge is -2.19. The summed E-state index contributed by atoms with van der Waals surface area (Å²) in [5, 5.41) is 13.8. The van der Waals surface area contributed by atoms with E-state index >= 15 is 0 Å². The summed E-state index contributed by atoms with van der Waals surface area (Å²) in [6.45, 7) is 0. The molecule has 1 rings (SSSR count). The molecular weight excluding hydrogens is 177 g/mol. The molecule has 0 bridgehead atoms. The molecule has 4 nitrogen and oxygen atoms in total. The first-order valence-electron chi connectivity index (χ1n) is 2.80. The SMILES string of the molecule is O=C(O)C1(C(F)(F)F)C=CN=N1. The molecule has 0 saturated heterocycles. The Morgan fingerprint density at radius 1 is 1.50 bits per heavy atom. The van der Waals surface area contributed by atoms with Crippen LogP contribution in [0.5, 0.6) is 0 Å². The highest BCUT2D eigenvalue weighted by Crippen LogP contribution is 2.37. The van der Waals surface area contributed by atoms with E-state index in [0.29, 0.717) is 12.3 Å². The number of carbonyl (C=O) groups is 1. The van der Waals surface area contributed by atoms with Gasteiger partial charge in [-0.15, -0.1) is 0 Å². The summed E-state index contributed by atoms with van der Waals surface area (Å²) in [5.41, 5.74) is -3.17. The molecule has 1 heterocycles. The summed E-state index contributed by atoms with van der Waals surface area (Å²) in [7, 11) is 0. The number of aliphatic carboxylic acids is 1. The molecule has 1 aliphatic rings. The molecule has 0 spiro atoms. The molecule has 0 aliphatic carbocycles. The highest BCUT2D eigenvalue weighted by Gasteiger charge is 2.61. The van der Waals surface area contributed by atoms with E-state index in [9.17, 15) is 18.0 Å². The average molecular weight is 180 g/mol. The molecular formula is C5H3F3N2O2. The molecule has 0 radical (unpaired) electrons. The molecule has 0 fully saturated rings. The Kier molecular flexibility index (Phi) is 1.66. The zero-order chi connectivity index (χ0) is 9.41. The second-order valence-electron chi connectivity index (χ2n) is 2.10. The van der Waals surface area contributed by atoms with Crippen molar-refractivity contribution in [3.63, 3.8) is 0 Å². The molecule has 66 valence electrons. The maximum Gasteiger partial charge on any atom is 0.430 e. The van der Waals surface area contributed by atoms with E-state index in [4.69, 9.17) is 5.11 Å². The number of halogens is 3. The van der Waals surface area contributed by atoms with Gasteiger partial charge in [0.1, 0.15) is 0 Å². The van der Waals surface area contributed by atoms with Crippen LogP contribution in [0, 0.1) is 0 Å². The summed E-state index contributed by atoms with van der Waals surface area (Å²) < 4.78 is 36.2. The normalized spacial score (nSPS) is 27.9.